The lowest BCUT2D eigenvalue weighted by Gasteiger charge is -2.24. The molecular formula is C25H32N4O4. The lowest BCUT2D eigenvalue weighted by atomic mass is 10.1. The normalized spacial score (nSPS) is 16.1. The van der Waals surface area contributed by atoms with Crippen LogP contribution in [0.1, 0.15) is 37.3 Å². The van der Waals surface area contributed by atoms with E-state index in [1.807, 2.05) is 49.4 Å². The Balaban J connectivity index is 1.55. The zero-order chi connectivity index (χ0) is 23.6. The van der Waals surface area contributed by atoms with Gasteiger partial charge in [0.2, 0.25) is 17.7 Å². The van der Waals surface area contributed by atoms with Crippen molar-refractivity contribution in [3.8, 4) is 5.75 Å². The summed E-state index contributed by atoms with van der Waals surface area (Å²) >= 11 is 0. The minimum Gasteiger partial charge on any atom is -0.494 e. The van der Waals surface area contributed by atoms with Gasteiger partial charge in [-0.15, -0.1) is 0 Å². The quantitative estimate of drug-likeness (QED) is 0.540. The van der Waals surface area contributed by atoms with Crippen molar-refractivity contribution >= 4 is 23.4 Å². The largest absolute Gasteiger partial charge is 0.494 e. The van der Waals surface area contributed by atoms with Gasteiger partial charge in [-0.2, -0.15) is 0 Å². The van der Waals surface area contributed by atoms with Crippen LogP contribution in [0.2, 0.25) is 0 Å². The molecule has 2 aromatic carbocycles. The monoisotopic (exact) mass is 452 g/mol. The Kier molecular flexibility index (Phi) is 8.83. The summed E-state index contributed by atoms with van der Waals surface area (Å²) in [7, 11) is 0. The van der Waals surface area contributed by atoms with E-state index in [9.17, 15) is 14.4 Å². The number of anilines is 1. The van der Waals surface area contributed by atoms with Crippen LogP contribution in [0.5, 0.6) is 5.75 Å². The molecule has 1 unspecified atom stereocenters. The van der Waals surface area contributed by atoms with Gasteiger partial charge in [0, 0.05) is 18.8 Å². The van der Waals surface area contributed by atoms with E-state index in [2.05, 4.69) is 10.6 Å². The van der Waals surface area contributed by atoms with Gasteiger partial charge in [0.25, 0.3) is 0 Å². The first kappa shape index (κ1) is 24.3. The highest BCUT2D eigenvalue weighted by Gasteiger charge is 2.29. The first-order valence-corrected chi connectivity index (χ1v) is 11.4. The van der Waals surface area contributed by atoms with E-state index >= 15 is 0 Å². The fraction of sp³-hybridized carbons (Fsp3) is 0.400. The smallest absolute Gasteiger partial charge is 0.245 e. The number of nitrogens with two attached hydrogens (primary N) is 1. The topological polar surface area (TPSA) is 114 Å². The van der Waals surface area contributed by atoms with Crippen LogP contribution in [0.25, 0.3) is 0 Å². The number of carbonyl (C=O) groups is 3. The Morgan fingerprint density at radius 2 is 1.88 bits per heavy atom. The van der Waals surface area contributed by atoms with Crippen molar-refractivity contribution in [3.63, 3.8) is 0 Å². The summed E-state index contributed by atoms with van der Waals surface area (Å²) in [6, 6.07) is 14.0. The summed E-state index contributed by atoms with van der Waals surface area (Å²) in [5.41, 5.74) is 8.05. The summed E-state index contributed by atoms with van der Waals surface area (Å²) < 4.78 is 5.42. The molecule has 2 aromatic rings. The first-order chi connectivity index (χ1) is 16.0. The molecule has 0 bridgehead atoms. The van der Waals surface area contributed by atoms with E-state index in [4.69, 9.17) is 10.5 Å². The molecule has 0 aromatic heterocycles. The molecule has 1 fully saturated rings. The predicted molar refractivity (Wildman–Crippen MR) is 127 cm³/mol. The van der Waals surface area contributed by atoms with E-state index < -0.39 is 6.04 Å². The summed E-state index contributed by atoms with van der Waals surface area (Å²) in [6.45, 7) is 3.30. The highest BCUT2D eigenvalue weighted by molar-refractivity contribution is 5.96. The van der Waals surface area contributed by atoms with Crippen LogP contribution in [0.4, 0.5) is 5.69 Å². The maximum atomic E-state index is 13.0. The Hall–Kier alpha value is -3.39. The molecule has 176 valence electrons. The van der Waals surface area contributed by atoms with Crippen LogP contribution in [0, 0.1) is 0 Å². The van der Waals surface area contributed by atoms with Gasteiger partial charge in [-0.3, -0.25) is 14.4 Å². The van der Waals surface area contributed by atoms with Gasteiger partial charge in [0.05, 0.1) is 19.6 Å². The zero-order valence-electron chi connectivity index (χ0n) is 19.0. The number of hydrogen-bond donors (Lipinski definition) is 3. The molecule has 8 nitrogen and oxygen atoms in total. The molecule has 4 N–H and O–H groups in total. The second kappa shape index (κ2) is 12.0. The van der Waals surface area contributed by atoms with Gasteiger partial charge in [0.1, 0.15) is 11.8 Å². The average Bonchev–Trinajstić information content (AvgIpc) is 2.97. The fourth-order valence-electron chi connectivity index (χ4n) is 3.85. The third-order valence-electron chi connectivity index (χ3n) is 5.50. The maximum absolute atomic E-state index is 13.0. The molecule has 8 heteroatoms. The van der Waals surface area contributed by atoms with Crippen molar-refractivity contribution in [2.75, 3.05) is 25.0 Å². The number of hydrogen-bond acceptors (Lipinski definition) is 5. The van der Waals surface area contributed by atoms with Gasteiger partial charge in [-0.1, -0.05) is 24.3 Å². The summed E-state index contributed by atoms with van der Waals surface area (Å²) in [5, 5.41) is 5.68. The minimum atomic E-state index is -0.629. The lowest BCUT2D eigenvalue weighted by Crippen LogP contribution is -2.49. The number of nitrogens with zero attached hydrogens (tertiary/aromatic N) is 1. The molecule has 1 aliphatic rings. The number of amides is 3. The lowest BCUT2D eigenvalue weighted by molar-refractivity contribution is -0.138. The van der Waals surface area contributed by atoms with Gasteiger partial charge in [-0.05, 0) is 61.6 Å². The molecule has 33 heavy (non-hydrogen) atoms. The number of rotatable bonds is 9. The average molecular weight is 453 g/mol. The van der Waals surface area contributed by atoms with Gasteiger partial charge in [0.15, 0.2) is 0 Å². The van der Waals surface area contributed by atoms with E-state index in [0.29, 0.717) is 31.8 Å². The highest BCUT2D eigenvalue weighted by Crippen LogP contribution is 2.15. The molecule has 3 rings (SSSR count). The molecular weight excluding hydrogens is 420 g/mol. The van der Waals surface area contributed by atoms with Gasteiger partial charge >= 0.3 is 0 Å². The highest BCUT2D eigenvalue weighted by atomic mass is 16.5. The second-order valence-electron chi connectivity index (χ2n) is 8.08. The molecule has 0 saturated carbocycles. The van der Waals surface area contributed by atoms with Gasteiger partial charge in [-0.25, -0.2) is 0 Å². The van der Waals surface area contributed by atoms with Crippen molar-refractivity contribution in [3.05, 3.63) is 59.7 Å². The van der Waals surface area contributed by atoms with Crippen LogP contribution < -0.4 is 21.1 Å². The molecule has 0 spiro atoms. The molecule has 0 aliphatic carbocycles. The van der Waals surface area contributed by atoms with Crippen molar-refractivity contribution < 1.29 is 19.1 Å². The molecule has 0 radical (unpaired) electrons. The fourth-order valence-corrected chi connectivity index (χ4v) is 3.85. The summed E-state index contributed by atoms with van der Waals surface area (Å²) in [5.74, 6) is 0.0315. The van der Waals surface area contributed by atoms with Crippen LogP contribution in [0.3, 0.4) is 0 Å². The van der Waals surface area contributed by atoms with Crippen molar-refractivity contribution in [1.82, 2.24) is 10.2 Å². The molecule has 1 saturated heterocycles. The van der Waals surface area contributed by atoms with Crippen molar-refractivity contribution in [1.29, 1.82) is 0 Å². The maximum Gasteiger partial charge on any atom is 0.245 e. The van der Waals surface area contributed by atoms with Crippen molar-refractivity contribution in [2.45, 2.75) is 45.2 Å². The molecule has 1 atom stereocenters. The number of benzene rings is 2. The third-order valence-corrected chi connectivity index (χ3v) is 5.50. The SMILES string of the molecule is CCOc1ccc(CC(=O)NC2CCCCN(CC(=O)Nc3cccc(CN)c3)C2=O)cc1. The number of nitrogens with one attached hydrogen (secondary N) is 2. The van der Waals surface area contributed by atoms with Crippen LogP contribution in [0.15, 0.2) is 48.5 Å². The third kappa shape index (κ3) is 7.32. The van der Waals surface area contributed by atoms with E-state index in [1.165, 1.54) is 4.90 Å². The summed E-state index contributed by atoms with van der Waals surface area (Å²) in [6.07, 6.45) is 2.32. The zero-order valence-corrected chi connectivity index (χ0v) is 19.0. The Morgan fingerprint density at radius 1 is 1.09 bits per heavy atom. The number of likely N-dealkylation sites (tertiary alicyclic amines) is 1. The van der Waals surface area contributed by atoms with E-state index in [-0.39, 0.29) is 30.7 Å². The summed E-state index contributed by atoms with van der Waals surface area (Å²) in [4.78, 5) is 39.7. The molecule has 1 aliphatic heterocycles. The van der Waals surface area contributed by atoms with Gasteiger partial charge < -0.3 is 26.0 Å². The van der Waals surface area contributed by atoms with Crippen LogP contribution in [-0.2, 0) is 27.3 Å². The Morgan fingerprint density at radius 3 is 2.61 bits per heavy atom. The number of ether oxygens (including phenoxy) is 1. The van der Waals surface area contributed by atoms with Crippen LogP contribution in [-0.4, -0.2) is 48.4 Å². The van der Waals surface area contributed by atoms with Crippen molar-refractivity contribution in [2.24, 2.45) is 5.73 Å². The Bertz CT molecular complexity index is 961. The standard InChI is InChI=1S/C25H32N4O4/c1-2-33-21-11-9-18(10-12-21)15-23(30)28-22-8-3-4-13-29(25(22)32)17-24(31)27-20-7-5-6-19(14-20)16-26/h5-7,9-12,14,22H,2-4,8,13,15-17,26H2,1H3,(H,27,31)(H,28,30). The number of carbonyl (C=O) groups excluding carboxylic acids is 3. The van der Waals surface area contributed by atoms with E-state index in [1.54, 1.807) is 6.07 Å². The second-order valence-corrected chi connectivity index (χ2v) is 8.08. The molecule has 3 amide bonds. The minimum absolute atomic E-state index is 0.0586. The van der Waals surface area contributed by atoms with E-state index in [0.717, 1.165) is 29.7 Å². The first-order valence-electron chi connectivity index (χ1n) is 11.4. The van der Waals surface area contributed by atoms with Crippen LogP contribution >= 0.6 is 0 Å². The predicted octanol–water partition coefficient (Wildman–Crippen LogP) is 2.22. The Labute approximate surface area is 194 Å². The molecule has 1 heterocycles.